The minimum Gasteiger partial charge on any atom is -0.493 e. The van der Waals surface area contributed by atoms with Crippen molar-refractivity contribution in [3.63, 3.8) is 0 Å². The van der Waals surface area contributed by atoms with Crippen LogP contribution >= 0.6 is 0 Å². The molecule has 0 N–H and O–H groups in total. The highest BCUT2D eigenvalue weighted by Crippen LogP contribution is 2.41. The lowest BCUT2D eigenvalue weighted by Crippen LogP contribution is -2.42. The van der Waals surface area contributed by atoms with Gasteiger partial charge in [0, 0.05) is 31.5 Å². The van der Waals surface area contributed by atoms with Crippen molar-refractivity contribution >= 4 is 30.6 Å². The highest BCUT2D eigenvalue weighted by molar-refractivity contribution is 6.74. The normalized spacial score (nSPS) is 12.2. The maximum Gasteiger partial charge on any atom is 0.265 e. The third-order valence-corrected chi connectivity index (χ3v) is 12.0. The van der Waals surface area contributed by atoms with Gasteiger partial charge in [0.2, 0.25) is 0 Å². The lowest BCUT2D eigenvalue weighted by atomic mass is 10.1. The number of hydrogen-bond acceptors (Lipinski definition) is 7. The molecule has 0 bridgehead atoms. The lowest BCUT2D eigenvalue weighted by Gasteiger charge is -2.37. The van der Waals surface area contributed by atoms with E-state index in [0.717, 1.165) is 6.07 Å². The smallest absolute Gasteiger partial charge is 0.265 e. The zero-order valence-corrected chi connectivity index (χ0v) is 25.1. The van der Waals surface area contributed by atoms with Crippen LogP contribution in [0, 0.1) is 11.6 Å². The number of anilines is 2. The topological polar surface area (TPSA) is 83.6 Å². The Morgan fingerprint density at radius 1 is 1.05 bits per heavy atom. The van der Waals surface area contributed by atoms with Crippen LogP contribution in [0.2, 0.25) is 18.1 Å². The molecule has 0 radical (unpaired) electrons. The van der Waals surface area contributed by atoms with Crippen LogP contribution in [0.3, 0.4) is 0 Å². The Morgan fingerprint density at radius 3 is 2.25 bits per heavy atom. The fourth-order valence-corrected chi connectivity index (χ4v) is 5.12. The van der Waals surface area contributed by atoms with Crippen molar-refractivity contribution in [3.05, 3.63) is 65.0 Å². The summed E-state index contributed by atoms with van der Waals surface area (Å²) >= 11 is 0. The summed E-state index contributed by atoms with van der Waals surface area (Å²) in [6.45, 7) is 10.9. The Hall–Kier alpha value is -3.77. The van der Waals surface area contributed by atoms with E-state index in [-0.39, 0.29) is 46.3 Å². The average Bonchev–Trinajstić information content (AvgIpc) is 3.33. The van der Waals surface area contributed by atoms with Crippen molar-refractivity contribution in [2.75, 3.05) is 32.3 Å². The summed E-state index contributed by atoms with van der Waals surface area (Å²) < 4.78 is 51.1. The van der Waals surface area contributed by atoms with E-state index in [2.05, 4.69) is 43.9 Å². The van der Waals surface area contributed by atoms with E-state index < -0.39 is 20.0 Å². The molecule has 4 aromatic rings. The molecule has 12 heteroatoms. The van der Waals surface area contributed by atoms with Crippen LogP contribution in [-0.4, -0.2) is 55.0 Å². The average molecular weight is 572 g/mol. The zero-order chi connectivity index (χ0) is 29.4. The first kappa shape index (κ1) is 29.2. The number of aromatic nitrogens is 4. The van der Waals surface area contributed by atoms with Crippen molar-refractivity contribution in [2.45, 2.75) is 38.9 Å². The summed E-state index contributed by atoms with van der Waals surface area (Å²) in [5.41, 5.74) is 0.645. The van der Waals surface area contributed by atoms with Crippen molar-refractivity contribution < 1.29 is 22.7 Å². The van der Waals surface area contributed by atoms with Gasteiger partial charge in [-0.05, 0) is 36.3 Å². The second-order valence-electron chi connectivity index (χ2n) is 11.0. The summed E-state index contributed by atoms with van der Waals surface area (Å²) in [7, 11) is 2.18. The minimum atomic E-state index is -2.17. The van der Waals surface area contributed by atoms with Gasteiger partial charge in [-0.2, -0.15) is 5.10 Å². The number of halogens is 2. The highest BCUT2D eigenvalue weighted by Gasteiger charge is 2.37. The second-order valence-corrected chi connectivity index (χ2v) is 15.8. The summed E-state index contributed by atoms with van der Waals surface area (Å²) in [4.78, 5) is 19.4. The van der Waals surface area contributed by atoms with Gasteiger partial charge in [-0.3, -0.25) is 14.0 Å². The second kappa shape index (κ2) is 11.0. The van der Waals surface area contributed by atoms with Gasteiger partial charge in [-0.15, -0.1) is 0 Å². The molecule has 9 nitrogen and oxygen atoms in total. The monoisotopic (exact) mass is 571 g/mol. The Bertz CT molecular complexity index is 1570. The van der Waals surface area contributed by atoms with Crippen LogP contribution in [0.1, 0.15) is 20.8 Å². The molecule has 2 heterocycles. The van der Waals surface area contributed by atoms with Crippen molar-refractivity contribution in [1.29, 1.82) is 0 Å². The standard InChI is InChI=1S/C28H35F2N5O4Si/c1-28(2,3)40(7,8)39-12-11-34(26-24(29)22(37-5)14-23(38-6)25(26)30)18-9-10-21-20(13-18)27(36)35(17-31-21)19-15-32-33(4)16-19/h9-10,13-17H,11-12H2,1-8H3. The molecule has 0 spiro atoms. The van der Waals surface area contributed by atoms with Gasteiger partial charge in [0.25, 0.3) is 5.56 Å². The van der Waals surface area contributed by atoms with Gasteiger partial charge in [0.1, 0.15) is 12.0 Å². The third kappa shape index (κ3) is 5.46. The van der Waals surface area contributed by atoms with Crippen molar-refractivity contribution in [1.82, 2.24) is 19.3 Å². The maximum absolute atomic E-state index is 15.7. The molecule has 0 aliphatic heterocycles. The van der Waals surface area contributed by atoms with Crippen LogP contribution in [0.15, 0.2) is 47.8 Å². The number of benzene rings is 2. The van der Waals surface area contributed by atoms with Gasteiger partial charge in [-0.25, -0.2) is 13.8 Å². The van der Waals surface area contributed by atoms with Crippen molar-refractivity contribution in [2.24, 2.45) is 7.05 Å². The van der Waals surface area contributed by atoms with Gasteiger partial charge in [0.15, 0.2) is 31.5 Å². The number of hydrogen-bond donors (Lipinski definition) is 0. The van der Waals surface area contributed by atoms with E-state index in [4.69, 9.17) is 13.9 Å². The Labute approximate surface area is 233 Å². The molecule has 214 valence electrons. The molecular weight excluding hydrogens is 536 g/mol. The first-order valence-electron chi connectivity index (χ1n) is 12.8. The fourth-order valence-electron chi connectivity index (χ4n) is 4.08. The molecular formula is C28H35F2N5O4Si. The zero-order valence-electron chi connectivity index (χ0n) is 24.1. The summed E-state index contributed by atoms with van der Waals surface area (Å²) in [6, 6.07) is 6.05. The van der Waals surface area contributed by atoms with Crippen LogP contribution in [0.5, 0.6) is 11.5 Å². The molecule has 0 unspecified atom stereocenters. The lowest BCUT2D eigenvalue weighted by molar-refractivity contribution is 0.296. The number of nitrogens with zero attached hydrogens (tertiary/aromatic N) is 5. The number of methoxy groups -OCH3 is 2. The van der Waals surface area contributed by atoms with Crippen LogP contribution in [0.4, 0.5) is 20.2 Å². The molecule has 40 heavy (non-hydrogen) atoms. The van der Waals surface area contributed by atoms with Gasteiger partial charge in [0.05, 0.1) is 43.6 Å². The number of rotatable bonds is 9. The Balaban J connectivity index is 1.87. The van der Waals surface area contributed by atoms with E-state index in [1.807, 2.05) is 0 Å². The first-order valence-corrected chi connectivity index (χ1v) is 15.7. The van der Waals surface area contributed by atoms with Gasteiger partial charge >= 0.3 is 0 Å². The predicted octanol–water partition coefficient (Wildman–Crippen LogP) is 5.57. The highest BCUT2D eigenvalue weighted by atomic mass is 28.4. The van der Waals surface area contributed by atoms with E-state index in [1.165, 1.54) is 30.0 Å². The summed E-state index contributed by atoms with van der Waals surface area (Å²) in [6.07, 6.45) is 4.67. The molecule has 0 saturated carbocycles. The summed E-state index contributed by atoms with van der Waals surface area (Å²) in [5, 5.41) is 4.34. The quantitative estimate of drug-likeness (QED) is 0.243. The van der Waals surface area contributed by atoms with Crippen LogP contribution < -0.4 is 19.9 Å². The SMILES string of the molecule is COc1cc(OC)c(F)c(N(CCO[Si](C)(C)C(C)(C)C)c2ccc3ncn(-c4cnn(C)c4)c(=O)c3c2)c1F. The van der Waals surface area contributed by atoms with E-state index in [1.54, 1.807) is 42.3 Å². The predicted molar refractivity (Wildman–Crippen MR) is 154 cm³/mol. The molecule has 0 fully saturated rings. The number of fused-ring (bicyclic) bond motifs is 1. The van der Waals surface area contributed by atoms with Gasteiger partial charge < -0.3 is 18.8 Å². The van der Waals surface area contributed by atoms with Crippen molar-refractivity contribution in [3.8, 4) is 17.2 Å². The number of aryl methyl sites for hydroxylation is 1. The molecule has 0 aliphatic carbocycles. The molecule has 0 aliphatic rings. The maximum atomic E-state index is 15.7. The molecule has 4 rings (SSSR count). The van der Waals surface area contributed by atoms with E-state index in [0.29, 0.717) is 16.9 Å². The van der Waals surface area contributed by atoms with Gasteiger partial charge in [-0.1, -0.05) is 20.8 Å². The first-order chi connectivity index (χ1) is 18.8. The Kier molecular flexibility index (Phi) is 8.04. The minimum absolute atomic E-state index is 0.0560. The van der Waals surface area contributed by atoms with E-state index >= 15 is 8.78 Å². The fraction of sp³-hybridized carbons (Fsp3) is 0.393. The van der Waals surface area contributed by atoms with Crippen LogP contribution in [-0.2, 0) is 11.5 Å². The summed E-state index contributed by atoms with van der Waals surface area (Å²) in [5.74, 6) is -2.14. The van der Waals surface area contributed by atoms with E-state index in [9.17, 15) is 4.79 Å². The number of ether oxygens (including phenoxy) is 2. The third-order valence-electron chi connectivity index (χ3n) is 7.43. The largest absolute Gasteiger partial charge is 0.493 e. The molecule has 2 aromatic heterocycles. The van der Waals surface area contributed by atoms with Crippen LogP contribution in [0.25, 0.3) is 16.6 Å². The molecule has 0 atom stereocenters. The Morgan fingerprint density at radius 2 is 1.70 bits per heavy atom. The molecule has 2 aromatic carbocycles. The molecule has 0 saturated heterocycles. The molecule has 0 amide bonds.